The molecule has 0 aromatic rings. The largest absolute Gasteiger partial charge is 0.206 e. The maximum atomic E-state index is 13.0. The highest BCUT2D eigenvalue weighted by Crippen LogP contribution is 2.39. The summed E-state index contributed by atoms with van der Waals surface area (Å²) in [4.78, 5) is 0. The number of allylic oxidation sites excluding steroid dienone is 4. The molecule has 0 fully saturated rings. The molecular weight excluding hydrogens is 175 g/mol. The Morgan fingerprint density at radius 3 is 2.42 bits per heavy atom. The maximum absolute atomic E-state index is 13.0. The number of hydrogen-bond donors (Lipinski definition) is 0. The van der Waals surface area contributed by atoms with Gasteiger partial charge in [0.1, 0.15) is 5.83 Å². The van der Waals surface area contributed by atoms with Crippen LogP contribution in [0.3, 0.4) is 0 Å². The molecule has 0 radical (unpaired) electrons. The fourth-order valence-corrected chi connectivity index (χ4v) is 1.85. The van der Waals surface area contributed by atoms with Gasteiger partial charge in [-0.3, -0.25) is 0 Å². The summed E-state index contributed by atoms with van der Waals surface area (Å²) in [6.45, 7) is 6.18. The molecule has 0 nitrogen and oxygen atoms in total. The third-order valence-electron chi connectivity index (χ3n) is 2.10. The Bertz CT molecular complexity index is 243. The summed E-state index contributed by atoms with van der Waals surface area (Å²) >= 11 is 5.85. The first kappa shape index (κ1) is 9.79. The molecule has 0 aromatic carbocycles. The van der Waals surface area contributed by atoms with Crippen molar-refractivity contribution < 1.29 is 4.39 Å². The van der Waals surface area contributed by atoms with Gasteiger partial charge in [-0.15, -0.1) is 0 Å². The third kappa shape index (κ3) is 1.89. The zero-order valence-electron chi connectivity index (χ0n) is 7.75. The lowest BCUT2D eigenvalue weighted by molar-refractivity contribution is 0.471. The van der Waals surface area contributed by atoms with Crippen molar-refractivity contribution in [3.63, 3.8) is 0 Å². The van der Waals surface area contributed by atoms with Crippen LogP contribution in [0.5, 0.6) is 0 Å². The van der Waals surface area contributed by atoms with Crippen molar-refractivity contribution in [2.45, 2.75) is 33.6 Å². The first-order chi connectivity index (χ1) is 5.43. The van der Waals surface area contributed by atoms with Gasteiger partial charge in [-0.05, 0) is 29.9 Å². The van der Waals surface area contributed by atoms with E-state index < -0.39 is 0 Å². The highest BCUT2D eigenvalue weighted by molar-refractivity contribution is 6.32. The van der Waals surface area contributed by atoms with Gasteiger partial charge < -0.3 is 0 Å². The van der Waals surface area contributed by atoms with E-state index in [1.54, 1.807) is 6.08 Å². The molecular formula is C10H14ClF. The molecule has 0 unspecified atom stereocenters. The van der Waals surface area contributed by atoms with Crippen LogP contribution < -0.4 is 0 Å². The molecule has 2 heteroatoms. The van der Waals surface area contributed by atoms with Crippen LogP contribution in [-0.2, 0) is 0 Å². The number of halogens is 2. The van der Waals surface area contributed by atoms with Gasteiger partial charge in [0.25, 0.3) is 0 Å². The molecule has 12 heavy (non-hydrogen) atoms. The van der Waals surface area contributed by atoms with E-state index in [2.05, 4.69) is 20.8 Å². The number of hydrogen-bond acceptors (Lipinski definition) is 0. The van der Waals surface area contributed by atoms with Crippen molar-refractivity contribution in [1.82, 2.24) is 0 Å². The molecule has 0 aromatic heterocycles. The standard InChI is InChI=1S/C10H14ClF/c1-10(2,3)7-5-4-6-8(12)9(7)11/h6H,4-5H2,1-3H3. The molecule has 1 aliphatic rings. The van der Waals surface area contributed by atoms with Gasteiger partial charge >= 0.3 is 0 Å². The van der Waals surface area contributed by atoms with Crippen LogP contribution in [0.4, 0.5) is 4.39 Å². The minimum absolute atomic E-state index is 0.0112. The molecule has 0 bridgehead atoms. The highest BCUT2D eigenvalue weighted by atomic mass is 35.5. The van der Waals surface area contributed by atoms with Crippen LogP contribution in [0, 0.1) is 5.41 Å². The van der Waals surface area contributed by atoms with Gasteiger partial charge in [0.2, 0.25) is 0 Å². The predicted octanol–water partition coefficient (Wildman–Crippen LogP) is 4.17. The van der Waals surface area contributed by atoms with Crippen molar-refractivity contribution in [2.75, 3.05) is 0 Å². The van der Waals surface area contributed by atoms with Crippen LogP contribution in [-0.4, -0.2) is 0 Å². The molecule has 1 rings (SSSR count). The fraction of sp³-hybridized carbons (Fsp3) is 0.600. The Labute approximate surface area is 78.1 Å². The van der Waals surface area contributed by atoms with Crippen LogP contribution in [0.15, 0.2) is 22.5 Å². The second-order valence-electron chi connectivity index (χ2n) is 4.13. The van der Waals surface area contributed by atoms with Crippen LogP contribution in [0.2, 0.25) is 0 Å². The molecule has 0 atom stereocenters. The fourth-order valence-electron chi connectivity index (χ4n) is 1.39. The smallest absolute Gasteiger partial charge is 0.137 e. The van der Waals surface area contributed by atoms with Gasteiger partial charge in [0.05, 0.1) is 5.03 Å². The molecule has 0 saturated heterocycles. The summed E-state index contributed by atoms with van der Waals surface area (Å²) in [6, 6.07) is 0. The van der Waals surface area contributed by atoms with Crippen molar-refractivity contribution in [2.24, 2.45) is 5.41 Å². The summed E-state index contributed by atoms with van der Waals surface area (Å²) < 4.78 is 13.0. The van der Waals surface area contributed by atoms with Gasteiger partial charge in [-0.1, -0.05) is 32.4 Å². The summed E-state index contributed by atoms with van der Waals surface area (Å²) in [5, 5.41) is 0.328. The Hall–Kier alpha value is -0.300. The Kier molecular flexibility index (Phi) is 2.62. The number of rotatable bonds is 0. The van der Waals surface area contributed by atoms with Gasteiger partial charge in [0.15, 0.2) is 0 Å². The topological polar surface area (TPSA) is 0 Å². The van der Waals surface area contributed by atoms with E-state index in [4.69, 9.17) is 11.6 Å². The van der Waals surface area contributed by atoms with Crippen LogP contribution in [0.1, 0.15) is 33.6 Å². The summed E-state index contributed by atoms with van der Waals surface area (Å²) in [6.07, 6.45) is 3.21. The Balaban J connectivity index is 3.03. The molecule has 68 valence electrons. The summed E-state index contributed by atoms with van der Waals surface area (Å²) in [7, 11) is 0. The van der Waals surface area contributed by atoms with Gasteiger partial charge in [0, 0.05) is 0 Å². The first-order valence-electron chi connectivity index (χ1n) is 4.18. The van der Waals surface area contributed by atoms with E-state index in [9.17, 15) is 4.39 Å². The minimum atomic E-state index is -0.257. The predicted molar refractivity (Wildman–Crippen MR) is 50.8 cm³/mol. The van der Waals surface area contributed by atoms with Crippen LogP contribution >= 0.6 is 11.6 Å². The third-order valence-corrected chi connectivity index (χ3v) is 2.51. The Morgan fingerprint density at radius 2 is 2.00 bits per heavy atom. The highest BCUT2D eigenvalue weighted by Gasteiger charge is 2.24. The average Bonchev–Trinajstić information content (AvgIpc) is 1.92. The lowest BCUT2D eigenvalue weighted by atomic mass is 9.82. The van der Waals surface area contributed by atoms with E-state index in [0.717, 1.165) is 18.4 Å². The maximum Gasteiger partial charge on any atom is 0.137 e. The second-order valence-corrected chi connectivity index (χ2v) is 4.51. The van der Waals surface area contributed by atoms with E-state index >= 15 is 0 Å². The summed E-state index contributed by atoms with van der Waals surface area (Å²) in [5.74, 6) is -0.257. The van der Waals surface area contributed by atoms with Crippen LogP contribution in [0.25, 0.3) is 0 Å². The molecule has 0 saturated carbocycles. The molecule has 1 aliphatic carbocycles. The summed E-state index contributed by atoms with van der Waals surface area (Å²) in [5.41, 5.74) is 1.02. The Morgan fingerprint density at radius 1 is 1.42 bits per heavy atom. The van der Waals surface area contributed by atoms with Crippen molar-refractivity contribution in [1.29, 1.82) is 0 Å². The zero-order chi connectivity index (χ0) is 9.35. The van der Waals surface area contributed by atoms with E-state index in [0.29, 0.717) is 5.03 Å². The lowest BCUT2D eigenvalue weighted by Gasteiger charge is -2.26. The first-order valence-corrected chi connectivity index (χ1v) is 4.56. The molecule has 0 heterocycles. The average molecular weight is 189 g/mol. The molecule has 0 spiro atoms. The minimum Gasteiger partial charge on any atom is -0.206 e. The second kappa shape index (κ2) is 3.21. The quantitative estimate of drug-likeness (QED) is 0.535. The van der Waals surface area contributed by atoms with Crippen molar-refractivity contribution in [3.8, 4) is 0 Å². The monoisotopic (exact) mass is 188 g/mol. The van der Waals surface area contributed by atoms with Crippen molar-refractivity contribution >= 4 is 11.6 Å². The molecule has 0 amide bonds. The van der Waals surface area contributed by atoms with Gasteiger partial charge in [-0.25, -0.2) is 4.39 Å². The van der Waals surface area contributed by atoms with Crippen molar-refractivity contribution in [3.05, 3.63) is 22.5 Å². The van der Waals surface area contributed by atoms with E-state index in [1.165, 1.54) is 0 Å². The van der Waals surface area contributed by atoms with Gasteiger partial charge in [-0.2, -0.15) is 0 Å². The molecule has 0 aliphatic heterocycles. The van der Waals surface area contributed by atoms with E-state index in [-0.39, 0.29) is 11.2 Å². The normalized spacial score (nSPS) is 19.6. The lowest BCUT2D eigenvalue weighted by Crippen LogP contribution is -2.12. The SMILES string of the molecule is CC(C)(C)C1=C(Cl)C(F)=CCC1. The molecule has 0 N–H and O–H groups in total. The van der Waals surface area contributed by atoms with E-state index in [1.807, 2.05) is 0 Å². The zero-order valence-corrected chi connectivity index (χ0v) is 8.50.